The van der Waals surface area contributed by atoms with E-state index in [0.29, 0.717) is 5.69 Å². The van der Waals surface area contributed by atoms with Crippen molar-refractivity contribution >= 4 is 17.1 Å². The summed E-state index contributed by atoms with van der Waals surface area (Å²) in [6.45, 7) is 2.25. The highest BCUT2D eigenvalue weighted by Gasteiger charge is 2.12. The molecule has 0 fully saturated rings. The predicted octanol–water partition coefficient (Wildman–Crippen LogP) is 8.18. The van der Waals surface area contributed by atoms with Crippen molar-refractivity contribution in [1.29, 1.82) is 0 Å². The van der Waals surface area contributed by atoms with Crippen LogP contribution in [0.3, 0.4) is 0 Å². The van der Waals surface area contributed by atoms with E-state index in [2.05, 4.69) is 17.2 Å². The number of hydrogen-bond acceptors (Lipinski definition) is 5. The molecule has 0 aliphatic rings. The Balaban J connectivity index is 1.79. The summed E-state index contributed by atoms with van der Waals surface area (Å²) in [4.78, 5) is 10.6. The number of azo groups is 1. The maximum atomic E-state index is 11.1. The van der Waals surface area contributed by atoms with Gasteiger partial charge in [0.1, 0.15) is 11.4 Å². The van der Waals surface area contributed by atoms with Crippen molar-refractivity contribution < 1.29 is 10.0 Å². The Labute approximate surface area is 179 Å². The summed E-state index contributed by atoms with van der Waals surface area (Å²) in [5.74, 6) is 0.0177. The van der Waals surface area contributed by atoms with Crippen molar-refractivity contribution in [2.45, 2.75) is 77.6 Å². The number of unbranched alkanes of at least 4 members (excludes halogenated alkanes) is 9. The van der Waals surface area contributed by atoms with Crippen LogP contribution in [0.1, 0.15) is 76.7 Å². The number of hydrogen-bond donors (Lipinski definition) is 1. The van der Waals surface area contributed by atoms with E-state index in [4.69, 9.17) is 0 Å². The van der Waals surface area contributed by atoms with E-state index in [1.54, 1.807) is 24.3 Å². The maximum absolute atomic E-state index is 11.1. The minimum absolute atomic E-state index is 0.0177. The lowest BCUT2D eigenvalue weighted by Crippen LogP contribution is -1.87. The van der Waals surface area contributed by atoms with Gasteiger partial charge >= 0.3 is 0 Å². The van der Waals surface area contributed by atoms with Crippen LogP contribution >= 0.6 is 0 Å². The molecule has 0 aliphatic heterocycles. The van der Waals surface area contributed by atoms with E-state index in [-0.39, 0.29) is 17.1 Å². The first-order valence-corrected chi connectivity index (χ1v) is 11.1. The van der Waals surface area contributed by atoms with Gasteiger partial charge in [0.25, 0.3) is 5.69 Å². The number of phenols is 1. The average molecular weight is 412 g/mol. The molecule has 0 aliphatic carbocycles. The highest BCUT2D eigenvalue weighted by molar-refractivity contribution is 5.58. The third kappa shape index (κ3) is 8.31. The van der Waals surface area contributed by atoms with Gasteiger partial charge in [-0.2, -0.15) is 0 Å². The molecular weight excluding hydrogens is 378 g/mol. The normalized spacial score (nSPS) is 11.2. The van der Waals surface area contributed by atoms with Crippen LogP contribution < -0.4 is 0 Å². The number of phenolic OH excluding ortho intramolecular Hbond substituents is 1. The lowest BCUT2D eigenvalue weighted by atomic mass is 10.0. The molecule has 0 bridgehead atoms. The second-order valence-electron chi connectivity index (χ2n) is 7.70. The van der Waals surface area contributed by atoms with E-state index in [0.717, 1.165) is 18.4 Å². The molecule has 0 saturated carbocycles. The van der Waals surface area contributed by atoms with Crippen LogP contribution in [-0.2, 0) is 6.42 Å². The Morgan fingerprint density at radius 3 is 2.10 bits per heavy atom. The molecule has 0 radical (unpaired) electrons. The Hall–Kier alpha value is -2.76. The standard InChI is InChI=1S/C24H33N3O3/c1-2-3-4-5-6-7-8-9-10-11-14-20-17-18-24(28)22(19-20)26-25-21-15-12-13-16-23(21)27(29)30/h12-13,15-19,28H,2-11,14H2,1H3/b26-25+. The van der Waals surface area contributed by atoms with Gasteiger partial charge in [0.2, 0.25) is 0 Å². The monoisotopic (exact) mass is 411 g/mol. The zero-order chi connectivity index (χ0) is 21.6. The number of nitro groups is 1. The van der Waals surface area contributed by atoms with Gasteiger partial charge in [-0.05, 0) is 36.6 Å². The summed E-state index contributed by atoms with van der Waals surface area (Å²) in [7, 11) is 0. The lowest BCUT2D eigenvalue weighted by Gasteiger charge is -2.05. The number of rotatable bonds is 14. The number of nitro benzene ring substituents is 1. The molecule has 6 nitrogen and oxygen atoms in total. The third-order valence-electron chi connectivity index (χ3n) is 5.20. The molecule has 0 spiro atoms. The quantitative estimate of drug-likeness (QED) is 0.147. The maximum Gasteiger partial charge on any atom is 0.296 e. The van der Waals surface area contributed by atoms with Crippen LogP contribution in [0.2, 0.25) is 0 Å². The van der Waals surface area contributed by atoms with Crippen LogP contribution in [0, 0.1) is 10.1 Å². The zero-order valence-electron chi connectivity index (χ0n) is 17.9. The fraction of sp³-hybridized carbons (Fsp3) is 0.500. The minimum atomic E-state index is -0.490. The Kier molecular flexibility index (Phi) is 10.6. The van der Waals surface area contributed by atoms with Crippen molar-refractivity contribution in [2.24, 2.45) is 10.2 Å². The molecule has 1 N–H and O–H groups in total. The van der Waals surface area contributed by atoms with E-state index in [1.165, 1.54) is 69.9 Å². The summed E-state index contributed by atoms with van der Waals surface area (Å²) < 4.78 is 0. The summed E-state index contributed by atoms with van der Waals surface area (Å²) in [6.07, 6.45) is 13.9. The van der Waals surface area contributed by atoms with Crippen LogP contribution in [0.4, 0.5) is 17.1 Å². The largest absolute Gasteiger partial charge is 0.506 e. The average Bonchev–Trinajstić information content (AvgIpc) is 2.75. The smallest absolute Gasteiger partial charge is 0.296 e. The SMILES string of the molecule is CCCCCCCCCCCCc1ccc(O)c(/N=N/c2ccccc2[N+](=O)[O-])c1. The minimum Gasteiger partial charge on any atom is -0.506 e. The summed E-state index contributed by atoms with van der Waals surface area (Å²) in [5, 5.41) is 29.2. The zero-order valence-corrected chi connectivity index (χ0v) is 17.9. The number of aryl methyl sites for hydroxylation is 1. The Morgan fingerprint density at radius 2 is 1.43 bits per heavy atom. The highest BCUT2D eigenvalue weighted by Crippen LogP contribution is 2.32. The van der Waals surface area contributed by atoms with Gasteiger partial charge < -0.3 is 5.11 Å². The van der Waals surface area contributed by atoms with Gasteiger partial charge in [-0.15, -0.1) is 10.2 Å². The topological polar surface area (TPSA) is 88.1 Å². The molecule has 2 aromatic carbocycles. The van der Waals surface area contributed by atoms with Crippen LogP contribution in [0.15, 0.2) is 52.7 Å². The van der Waals surface area contributed by atoms with Gasteiger partial charge in [0.05, 0.1) is 4.92 Å². The molecule has 0 heterocycles. The number of benzene rings is 2. The van der Waals surface area contributed by atoms with Gasteiger partial charge in [-0.25, -0.2) is 0 Å². The van der Waals surface area contributed by atoms with E-state index in [1.807, 2.05) is 6.07 Å². The second-order valence-corrected chi connectivity index (χ2v) is 7.70. The molecule has 0 unspecified atom stereocenters. The highest BCUT2D eigenvalue weighted by atomic mass is 16.6. The molecule has 2 rings (SSSR count). The fourth-order valence-electron chi connectivity index (χ4n) is 3.43. The Bertz CT molecular complexity index is 821. The Morgan fingerprint density at radius 1 is 0.833 bits per heavy atom. The number of aromatic hydroxyl groups is 1. The molecule has 0 saturated heterocycles. The van der Waals surface area contributed by atoms with Crippen molar-refractivity contribution in [3.63, 3.8) is 0 Å². The van der Waals surface area contributed by atoms with Crippen molar-refractivity contribution in [1.82, 2.24) is 0 Å². The van der Waals surface area contributed by atoms with Gasteiger partial charge in [-0.3, -0.25) is 10.1 Å². The molecular formula is C24H33N3O3. The second kappa shape index (κ2) is 13.5. The van der Waals surface area contributed by atoms with Crippen LogP contribution in [0.25, 0.3) is 0 Å². The predicted molar refractivity (Wildman–Crippen MR) is 121 cm³/mol. The first-order chi connectivity index (χ1) is 14.6. The molecule has 2 aromatic rings. The van der Waals surface area contributed by atoms with Gasteiger partial charge in [0, 0.05) is 6.07 Å². The first-order valence-electron chi connectivity index (χ1n) is 11.1. The summed E-state index contributed by atoms with van der Waals surface area (Å²) >= 11 is 0. The van der Waals surface area contributed by atoms with Gasteiger partial charge in [0.15, 0.2) is 5.69 Å². The van der Waals surface area contributed by atoms with Crippen molar-refractivity contribution in [3.8, 4) is 5.75 Å². The number of nitrogens with zero attached hydrogens (tertiary/aromatic N) is 3. The van der Waals surface area contributed by atoms with Crippen LogP contribution in [0.5, 0.6) is 5.75 Å². The molecule has 0 amide bonds. The third-order valence-corrected chi connectivity index (χ3v) is 5.20. The van der Waals surface area contributed by atoms with Crippen LogP contribution in [-0.4, -0.2) is 10.0 Å². The first kappa shape index (κ1) is 23.5. The molecule has 0 aromatic heterocycles. The van der Waals surface area contributed by atoms with E-state index < -0.39 is 4.92 Å². The van der Waals surface area contributed by atoms with E-state index >= 15 is 0 Å². The van der Waals surface area contributed by atoms with Gasteiger partial charge in [-0.1, -0.05) is 82.9 Å². The molecule has 30 heavy (non-hydrogen) atoms. The molecule has 6 heteroatoms. The number of para-hydroxylation sites is 1. The molecule has 162 valence electrons. The summed E-state index contributed by atoms with van der Waals surface area (Å²) in [6, 6.07) is 11.5. The molecule has 0 atom stereocenters. The summed E-state index contributed by atoms with van der Waals surface area (Å²) in [5.41, 5.74) is 1.48. The lowest BCUT2D eigenvalue weighted by molar-refractivity contribution is -0.384. The fourth-order valence-corrected chi connectivity index (χ4v) is 3.43. The van der Waals surface area contributed by atoms with E-state index in [9.17, 15) is 15.2 Å². The van der Waals surface area contributed by atoms with Crippen molar-refractivity contribution in [3.05, 3.63) is 58.1 Å². The van der Waals surface area contributed by atoms with Crippen molar-refractivity contribution in [2.75, 3.05) is 0 Å².